The van der Waals surface area contributed by atoms with Gasteiger partial charge in [-0.15, -0.1) is 11.3 Å². The second-order valence-electron chi connectivity index (χ2n) is 4.90. The first-order valence-corrected chi connectivity index (χ1v) is 7.12. The molecule has 1 saturated heterocycles. The summed E-state index contributed by atoms with van der Waals surface area (Å²) < 4.78 is 0. The fourth-order valence-electron chi connectivity index (χ4n) is 2.55. The lowest BCUT2D eigenvalue weighted by Gasteiger charge is -2.31. The van der Waals surface area contributed by atoms with Crippen LogP contribution in [0.4, 0.5) is 5.82 Å². The van der Waals surface area contributed by atoms with Gasteiger partial charge in [0.25, 0.3) is 0 Å². The molecule has 0 aliphatic carbocycles. The molecule has 0 amide bonds. The third kappa shape index (κ3) is 1.87. The first-order valence-electron chi connectivity index (χ1n) is 6.30. The smallest absolute Gasteiger partial charge is 0.141 e. The predicted molar refractivity (Wildman–Crippen MR) is 74.3 cm³/mol. The number of piperidine rings is 1. The van der Waals surface area contributed by atoms with Crippen molar-refractivity contribution in [3.05, 3.63) is 16.8 Å². The molecule has 0 radical (unpaired) electrons. The quantitative estimate of drug-likeness (QED) is 0.857. The summed E-state index contributed by atoms with van der Waals surface area (Å²) in [5.41, 5.74) is 1.27. The SMILES string of the molecule is Cc1sc2ncnc(N3CCCC(O)C3)c2c1C. The van der Waals surface area contributed by atoms with E-state index in [-0.39, 0.29) is 6.10 Å². The Kier molecular flexibility index (Phi) is 2.95. The Labute approximate surface area is 110 Å². The Morgan fingerprint density at radius 1 is 1.39 bits per heavy atom. The molecule has 4 nitrogen and oxygen atoms in total. The van der Waals surface area contributed by atoms with E-state index in [1.807, 2.05) is 0 Å². The number of anilines is 1. The van der Waals surface area contributed by atoms with Crippen LogP contribution >= 0.6 is 11.3 Å². The van der Waals surface area contributed by atoms with E-state index in [0.717, 1.165) is 35.4 Å². The minimum absolute atomic E-state index is 0.233. The molecule has 1 fully saturated rings. The lowest BCUT2D eigenvalue weighted by atomic mass is 10.1. The number of aliphatic hydroxyl groups excluding tert-OH is 1. The number of aliphatic hydroxyl groups is 1. The summed E-state index contributed by atoms with van der Waals surface area (Å²) in [7, 11) is 0. The monoisotopic (exact) mass is 263 g/mol. The number of hydrogen-bond donors (Lipinski definition) is 1. The Morgan fingerprint density at radius 3 is 3.00 bits per heavy atom. The second kappa shape index (κ2) is 4.48. The van der Waals surface area contributed by atoms with Crippen molar-refractivity contribution in [3.63, 3.8) is 0 Å². The molecule has 3 heterocycles. The highest BCUT2D eigenvalue weighted by molar-refractivity contribution is 7.18. The zero-order valence-corrected chi connectivity index (χ0v) is 11.5. The number of aromatic nitrogens is 2. The van der Waals surface area contributed by atoms with E-state index >= 15 is 0 Å². The Balaban J connectivity index is 2.10. The van der Waals surface area contributed by atoms with Crippen molar-refractivity contribution in [1.29, 1.82) is 0 Å². The highest BCUT2D eigenvalue weighted by atomic mass is 32.1. The van der Waals surface area contributed by atoms with Crippen LogP contribution in [0.25, 0.3) is 10.2 Å². The van der Waals surface area contributed by atoms with Crippen molar-refractivity contribution in [3.8, 4) is 0 Å². The largest absolute Gasteiger partial charge is 0.391 e. The Morgan fingerprint density at radius 2 is 2.22 bits per heavy atom. The average Bonchev–Trinajstić information content (AvgIpc) is 2.65. The molecule has 18 heavy (non-hydrogen) atoms. The van der Waals surface area contributed by atoms with Gasteiger partial charge in [0, 0.05) is 18.0 Å². The van der Waals surface area contributed by atoms with Crippen molar-refractivity contribution in [2.45, 2.75) is 32.8 Å². The number of fused-ring (bicyclic) bond motifs is 1. The van der Waals surface area contributed by atoms with Gasteiger partial charge >= 0.3 is 0 Å². The number of thiophene rings is 1. The first kappa shape index (κ1) is 11.9. The van der Waals surface area contributed by atoms with E-state index < -0.39 is 0 Å². The summed E-state index contributed by atoms with van der Waals surface area (Å²) in [5, 5.41) is 11.0. The minimum Gasteiger partial charge on any atom is -0.391 e. The van der Waals surface area contributed by atoms with Crippen molar-refractivity contribution < 1.29 is 5.11 Å². The van der Waals surface area contributed by atoms with E-state index in [1.54, 1.807) is 17.7 Å². The van der Waals surface area contributed by atoms with Crippen LogP contribution < -0.4 is 4.90 Å². The van der Waals surface area contributed by atoms with Crippen molar-refractivity contribution >= 4 is 27.4 Å². The van der Waals surface area contributed by atoms with Gasteiger partial charge in [-0.2, -0.15) is 0 Å². The molecular weight excluding hydrogens is 246 g/mol. The fraction of sp³-hybridized carbons (Fsp3) is 0.538. The Bertz CT molecular complexity index is 581. The van der Waals surface area contributed by atoms with Gasteiger partial charge in [-0.25, -0.2) is 9.97 Å². The molecule has 96 valence electrons. The van der Waals surface area contributed by atoms with Gasteiger partial charge in [0.1, 0.15) is 17.0 Å². The standard InChI is InChI=1S/C13H17N3OS/c1-8-9(2)18-13-11(8)12(14-7-15-13)16-5-3-4-10(17)6-16/h7,10,17H,3-6H2,1-2H3. The topological polar surface area (TPSA) is 49.2 Å². The van der Waals surface area contributed by atoms with Crippen LogP contribution in [-0.2, 0) is 0 Å². The number of rotatable bonds is 1. The number of aryl methyl sites for hydroxylation is 2. The predicted octanol–water partition coefficient (Wildman–Crippen LogP) is 2.27. The zero-order valence-electron chi connectivity index (χ0n) is 10.7. The average molecular weight is 263 g/mol. The molecule has 0 aromatic carbocycles. The van der Waals surface area contributed by atoms with Gasteiger partial charge < -0.3 is 10.0 Å². The maximum absolute atomic E-state index is 9.81. The van der Waals surface area contributed by atoms with Gasteiger partial charge in [-0.05, 0) is 32.3 Å². The van der Waals surface area contributed by atoms with Crippen LogP contribution in [0.1, 0.15) is 23.3 Å². The van der Waals surface area contributed by atoms with Crippen LogP contribution in [0.5, 0.6) is 0 Å². The molecule has 2 aromatic heterocycles. The second-order valence-corrected chi connectivity index (χ2v) is 6.11. The van der Waals surface area contributed by atoms with Gasteiger partial charge in [-0.1, -0.05) is 0 Å². The summed E-state index contributed by atoms with van der Waals surface area (Å²) in [4.78, 5) is 13.3. The molecule has 3 rings (SSSR count). The van der Waals surface area contributed by atoms with Gasteiger partial charge in [0.05, 0.1) is 11.5 Å². The molecular formula is C13H17N3OS. The summed E-state index contributed by atoms with van der Waals surface area (Å²) in [5.74, 6) is 0.987. The molecule has 1 atom stereocenters. The van der Waals surface area contributed by atoms with Crippen molar-refractivity contribution in [1.82, 2.24) is 9.97 Å². The lowest BCUT2D eigenvalue weighted by molar-refractivity contribution is 0.154. The number of nitrogens with zero attached hydrogens (tertiary/aromatic N) is 3. The molecule has 0 bridgehead atoms. The van der Waals surface area contributed by atoms with Crippen LogP contribution in [0.3, 0.4) is 0 Å². The molecule has 1 N–H and O–H groups in total. The third-order valence-corrected chi connectivity index (χ3v) is 4.76. The maximum Gasteiger partial charge on any atom is 0.141 e. The fourth-order valence-corrected chi connectivity index (χ4v) is 3.54. The summed E-state index contributed by atoms with van der Waals surface area (Å²) in [6, 6.07) is 0. The number of β-amino-alcohol motifs (C(OH)–C–C–N with tert-alkyl or cyclic N) is 1. The van der Waals surface area contributed by atoms with Gasteiger partial charge in [-0.3, -0.25) is 0 Å². The molecule has 1 aliphatic rings. The number of hydrogen-bond acceptors (Lipinski definition) is 5. The first-order chi connectivity index (χ1) is 8.66. The van der Waals surface area contributed by atoms with E-state index in [1.165, 1.54) is 10.4 Å². The summed E-state index contributed by atoms with van der Waals surface area (Å²) >= 11 is 1.72. The van der Waals surface area contributed by atoms with Crippen molar-refractivity contribution in [2.75, 3.05) is 18.0 Å². The molecule has 1 aliphatic heterocycles. The van der Waals surface area contributed by atoms with Gasteiger partial charge in [0.2, 0.25) is 0 Å². The van der Waals surface area contributed by atoms with Crippen molar-refractivity contribution in [2.24, 2.45) is 0 Å². The highest BCUT2D eigenvalue weighted by Gasteiger charge is 2.22. The zero-order chi connectivity index (χ0) is 12.7. The lowest BCUT2D eigenvalue weighted by Crippen LogP contribution is -2.38. The minimum atomic E-state index is -0.233. The molecule has 5 heteroatoms. The van der Waals surface area contributed by atoms with Crippen LogP contribution in [0, 0.1) is 13.8 Å². The highest BCUT2D eigenvalue weighted by Crippen LogP contribution is 2.34. The molecule has 2 aromatic rings. The maximum atomic E-state index is 9.81. The Hall–Kier alpha value is -1.20. The van der Waals surface area contributed by atoms with E-state index in [0.29, 0.717) is 6.54 Å². The van der Waals surface area contributed by atoms with Crippen LogP contribution in [0.2, 0.25) is 0 Å². The third-order valence-electron chi connectivity index (χ3n) is 3.64. The molecule has 1 unspecified atom stereocenters. The molecule has 0 saturated carbocycles. The van der Waals surface area contributed by atoms with Crippen LogP contribution in [0.15, 0.2) is 6.33 Å². The summed E-state index contributed by atoms with van der Waals surface area (Å²) in [6.45, 7) is 5.90. The van der Waals surface area contributed by atoms with Crippen LogP contribution in [-0.4, -0.2) is 34.3 Å². The summed E-state index contributed by atoms with van der Waals surface area (Å²) in [6.07, 6.45) is 3.32. The van der Waals surface area contributed by atoms with E-state index in [9.17, 15) is 5.11 Å². The van der Waals surface area contributed by atoms with E-state index in [4.69, 9.17) is 0 Å². The van der Waals surface area contributed by atoms with E-state index in [2.05, 4.69) is 28.7 Å². The van der Waals surface area contributed by atoms with Gasteiger partial charge in [0.15, 0.2) is 0 Å². The normalized spacial score (nSPS) is 20.6. The molecule has 0 spiro atoms.